The lowest BCUT2D eigenvalue weighted by atomic mass is 10.1. The van der Waals surface area contributed by atoms with Gasteiger partial charge in [-0.2, -0.15) is 0 Å². The summed E-state index contributed by atoms with van der Waals surface area (Å²) in [4.78, 5) is 34.5. The van der Waals surface area contributed by atoms with Gasteiger partial charge in [0.1, 0.15) is 5.82 Å². The summed E-state index contributed by atoms with van der Waals surface area (Å²) in [5.41, 5.74) is 2.79. The fourth-order valence-electron chi connectivity index (χ4n) is 3.27. The summed E-state index contributed by atoms with van der Waals surface area (Å²) < 4.78 is 14.7. The average Bonchev–Trinajstić information content (AvgIpc) is 2.80. The summed E-state index contributed by atoms with van der Waals surface area (Å²) in [5, 5.41) is 3.09. The number of hydrogen-bond donors (Lipinski definition) is 1. The van der Waals surface area contributed by atoms with Gasteiger partial charge in [0.05, 0.1) is 5.25 Å². The monoisotopic (exact) mass is 454 g/mol. The number of amides is 1. The molecule has 0 aliphatic rings. The van der Waals surface area contributed by atoms with Crippen molar-refractivity contribution in [3.8, 4) is 0 Å². The maximum absolute atomic E-state index is 13.2. The Labute approximate surface area is 191 Å². The number of benzene rings is 1. The third-order valence-electron chi connectivity index (χ3n) is 5.16. The molecule has 0 fully saturated rings. The lowest BCUT2D eigenvalue weighted by Gasteiger charge is -2.17. The molecule has 6 nitrogen and oxygen atoms in total. The zero-order chi connectivity index (χ0) is 23.1. The van der Waals surface area contributed by atoms with Gasteiger partial charge in [0, 0.05) is 49.6 Å². The highest BCUT2D eigenvalue weighted by molar-refractivity contribution is 8.00. The number of aromatic nitrogens is 3. The van der Waals surface area contributed by atoms with Crippen molar-refractivity contribution in [2.45, 2.75) is 43.5 Å². The molecule has 0 bridgehead atoms. The van der Waals surface area contributed by atoms with E-state index in [1.165, 1.54) is 28.5 Å². The van der Waals surface area contributed by atoms with Crippen molar-refractivity contribution in [3.05, 3.63) is 87.3 Å². The molecule has 0 radical (unpaired) electrons. The van der Waals surface area contributed by atoms with E-state index in [9.17, 15) is 14.0 Å². The van der Waals surface area contributed by atoms with E-state index in [1.54, 1.807) is 32.3 Å². The highest BCUT2D eigenvalue weighted by Crippen LogP contribution is 2.24. The van der Waals surface area contributed by atoms with Crippen LogP contribution < -0.4 is 10.9 Å². The predicted octanol–water partition coefficient (Wildman–Crippen LogP) is 3.44. The highest BCUT2D eigenvalue weighted by Gasteiger charge is 2.21. The number of carbonyl (C=O) groups excluding carboxylic acids is 1. The van der Waals surface area contributed by atoms with Crippen molar-refractivity contribution < 1.29 is 9.18 Å². The SMILES string of the molecule is CCC(Sc1nc(C)c(Cc2ccc(F)cc2)c(=O)n1C)C(=O)NCCc1ccccn1. The van der Waals surface area contributed by atoms with Crippen LogP contribution in [0, 0.1) is 12.7 Å². The minimum absolute atomic E-state index is 0.0873. The first-order valence-corrected chi connectivity index (χ1v) is 11.4. The quantitative estimate of drug-likeness (QED) is 0.396. The fourth-order valence-corrected chi connectivity index (χ4v) is 4.31. The Morgan fingerprint density at radius 1 is 1.22 bits per heavy atom. The molecule has 32 heavy (non-hydrogen) atoms. The van der Waals surface area contributed by atoms with Crippen molar-refractivity contribution in [3.63, 3.8) is 0 Å². The zero-order valence-corrected chi connectivity index (χ0v) is 19.3. The molecule has 168 valence electrons. The second-order valence-corrected chi connectivity index (χ2v) is 8.67. The largest absolute Gasteiger partial charge is 0.355 e. The molecule has 1 unspecified atom stereocenters. The summed E-state index contributed by atoms with van der Waals surface area (Å²) in [6.07, 6.45) is 3.37. The molecule has 3 aromatic rings. The van der Waals surface area contributed by atoms with Crippen LogP contribution in [0.25, 0.3) is 0 Å². The normalized spacial score (nSPS) is 11.9. The van der Waals surface area contributed by atoms with Crippen LogP contribution in [0.4, 0.5) is 4.39 Å². The zero-order valence-electron chi connectivity index (χ0n) is 18.5. The maximum atomic E-state index is 13.2. The van der Waals surface area contributed by atoms with Gasteiger partial charge in [0.25, 0.3) is 5.56 Å². The van der Waals surface area contributed by atoms with Gasteiger partial charge in [-0.25, -0.2) is 9.37 Å². The van der Waals surface area contributed by atoms with Crippen molar-refractivity contribution in [1.82, 2.24) is 19.9 Å². The van der Waals surface area contributed by atoms with Gasteiger partial charge >= 0.3 is 0 Å². The minimum Gasteiger partial charge on any atom is -0.355 e. The van der Waals surface area contributed by atoms with Crippen molar-refractivity contribution in [2.24, 2.45) is 7.05 Å². The molecule has 3 rings (SSSR count). The number of hydrogen-bond acceptors (Lipinski definition) is 5. The van der Waals surface area contributed by atoms with E-state index in [-0.39, 0.29) is 22.5 Å². The lowest BCUT2D eigenvalue weighted by Crippen LogP contribution is -2.35. The van der Waals surface area contributed by atoms with Crippen LogP contribution in [0.15, 0.2) is 58.6 Å². The molecular formula is C24H27FN4O2S. The van der Waals surface area contributed by atoms with Gasteiger partial charge in [-0.05, 0) is 43.2 Å². The van der Waals surface area contributed by atoms with Crippen LogP contribution in [0.2, 0.25) is 0 Å². The van der Waals surface area contributed by atoms with Crippen LogP contribution in [-0.4, -0.2) is 32.2 Å². The number of rotatable bonds is 9. The van der Waals surface area contributed by atoms with E-state index < -0.39 is 0 Å². The maximum Gasteiger partial charge on any atom is 0.257 e. The average molecular weight is 455 g/mol. The Kier molecular flexibility index (Phi) is 8.16. The van der Waals surface area contributed by atoms with Gasteiger partial charge in [-0.15, -0.1) is 0 Å². The van der Waals surface area contributed by atoms with E-state index in [0.29, 0.717) is 42.2 Å². The van der Waals surface area contributed by atoms with Crippen LogP contribution in [-0.2, 0) is 24.7 Å². The number of aryl methyl sites for hydroxylation is 1. The van der Waals surface area contributed by atoms with Crippen molar-refractivity contribution >= 4 is 17.7 Å². The van der Waals surface area contributed by atoms with Gasteiger partial charge in [0.15, 0.2) is 5.16 Å². The van der Waals surface area contributed by atoms with E-state index in [0.717, 1.165) is 11.3 Å². The topological polar surface area (TPSA) is 76.9 Å². The third kappa shape index (κ3) is 6.03. The third-order valence-corrected chi connectivity index (χ3v) is 6.57. The van der Waals surface area contributed by atoms with E-state index in [4.69, 9.17) is 0 Å². The van der Waals surface area contributed by atoms with Crippen LogP contribution >= 0.6 is 11.8 Å². The van der Waals surface area contributed by atoms with E-state index in [2.05, 4.69) is 15.3 Å². The molecule has 1 aromatic carbocycles. The van der Waals surface area contributed by atoms with E-state index >= 15 is 0 Å². The number of nitrogens with zero attached hydrogens (tertiary/aromatic N) is 3. The van der Waals surface area contributed by atoms with Gasteiger partial charge in [-0.3, -0.25) is 19.1 Å². The summed E-state index contributed by atoms with van der Waals surface area (Å²) in [6.45, 7) is 4.22. The van der Waals surface area contributed by atoms with Crippen LogP contribution in [0.1, 0.15) is 35.9 Å². The van der Waals surface area contributed by atoms with Gasteiger partial charge in [0.2, 0.25) is 5.91 Å². The molecule has 8 heteroatoms. The van der Waals surface area contributed by atoms with Gasteiger partial charge in [-0.1, -0.05) is 36.9 Å². The Morgan fingerprint density at radius 3 is 2.62 bits per heavy atom. The molecule has 0 spiro atoms. The molecule has 0 saturated carbocycles. The standard InChI is InChI=1S/C24H27FN4O2S/c1-4-21(22(30)27-14-12-19-7-5-6-13-26-19)32-24-28-16(2)20(23(31)29(24)3)15-17-8-10-18(25)11-9-17/h5-11,13,21H,4,12,14-15H2,1-3H3,(H,27,30). The molecule has 1 N–H and O–H groups in total. The Balaban J connectivity index is 1.68. The molecule has 0 aliphatic heterocycles. The smallest absolute Gasteiger partial charge is 0.257 e. The van der Waals surface area contributed by atoms with Gasteiger partial charge < -0.3 is 5.32 Å². The molecular weight excluding hydrogens is 427 g/mol. The highest BCUT2D eigenvalue weighted by atomic mass is 32.2. The first-order chi connectivity index (χ1) is 15.4. The van der Waals surface area contributed by atoms with Crippen LogP contribution in [0.5, 0.6) is 0 Å². The summed E-state index contributed by atoms with van der Waals surface area (Å²) >= 11 is 1.29. The minimum atomic E-state index is -0.362. The number of nitrogens with one attached hydrogen (secondary N) is 1. The van der Waals surface area contributed by atoms with Crippen molar-refractivity contribution in [1.29, 1.82) is 0 Å². The van der Waals surface area contributed by atoms with Crippen molar-refractivity contribution in [2.75, 3.05) is 6.54 Å². The van der Waals surface area contributed by atoms with E-state index in [1.807, 2.05) is 25.1 Å². The summed E-state index contributed by atoms with van der Waals surface area (Å²) in [6, 6.07) is 11.8. The Hall–Kier alpha value is -3.00. The summed E-state index contributed by atoms with van der Waals surface area (Å²) in [5.74, 6) is -0.400. The number of thioether (sulfide) groups is 1. The Morgan fingerprint density at radius 2 is 1.97 bits per heavy atom. The molecule has 1 atom stereocenters. The summed E-state index contributed by atoms with van der Waals surface area (Å²) in [7, 11) is 1.66. The Bertz CT molecular complexity index is 1120. The first kappa shape index (κ1) is 23.7. The second-order valence-electron chi connectivity index (χ2n) is 7.50. The second kappa shape index (κ2) is 11.0. The molecule has 0 aliphatic carbocycles. The first-order valence-electron chi connectivity index (χ1n) is 10.5. The molecule has 0 saturated heterocycles. The molecule has 2 aromatic heterocycles. The lowest BCUT2D eigenvalue weighted by molar-refractivity contribution is -0.120. The van der Waals surface area contributed by atoms with Crippen LogP contribution in [0.3, 0.4) is 0 Å². The molecule has 2 heterocycles. The molecule has 1 amide bonds. The number of pyridine rings is 1. The fraction of sp³-hybridized carbons (Fsp3) is 0.333. The predicted molar refractivity (Wildman–Crippen MR) is 124 cm³/mol. The number of carbonyl (C=O) groups is 1. The number of halogens is 1.